The average Bonchev–Trinajstić information content (AvgIpc) is 2.45. The van der Waals surface area contributed by atoms with Gasteiger partial charge in [0.25, 0.3) is 0 Å². The van der Waals surface area contributed by atoms with Crippen molar-refractivity contribution in [2.24, 2.45) is 0 Å². The van der Waals surface area contributed by atoms with E-state index in [0.29, 0.717) is 11.3 Å². The maximum Gasteiger partial charge on any atom is 0.138 e. The molecular weight excluding hydrogens is 277 g/mol. The lowest BCUT2D eigenvalue weighted by atomic mass is 10.2. The van der Waals surface area contributed by atoms with Gasteiger partial charge in [-0.3, -0.25) is 4.98 Å². The number of rotatable bonds is 3. The van der Waals surface area contributed by atoms with Gasteiger partial charge in [0, 0.05) is 12.3 Å². The molecule has 0 atom stereocenters. The van der Waals surface area contributed by atoms with Gasteiger partial charge in [-0.25, -0.2) is 4.39 Å². The second-order valence-electron chi connectivity index (χ2n) is 4.13. The van der Waals surface area contributed by atoms with Gasteiger partial charge in [-0.05, 0) is 30.7 Å². The molecule has 4 heteroatoms. The summed E-state index contributed by atoms with van der Waals surface area (Å²) in [6, 6.07) is 8.05. The van der Waals surface area contributed by atoms with E-state index in [4.69, 9.17) is 16.3 Å². The number of hydrogen-bond acceptors (Lipinski definition) is 2. The molecule has 0 N–H and O–H groups in total. The molecule has 0 saturated heterocycles. The molecule has 0 radical (unpaired) electrons. The zero-order valence-electron chi connectivity index (χ0n) is 11.0. The Kier molecular flexibility index (Phi) is 4.97. The number of benzene rings is 1. The number of halogens is 2. The van der Waals surface area contributed by atoms with Crippen LogP contribution in [0.1, 0.15) is 16.8 Å². The van der Waals surface area contributed by atoms with Crippen LogP contribution in [0.3, 0.4) is 0 Å². The molecule has 102 valence electrons. The lowest BCUT2D eigenvalue weighted by Crippen LogP contribution is -2.02. The molecule has 1 heterocycles. The van der Waals surface area contributed by atoms with Crippen molar-refractivity contribution in [3.05, 3.63) is 59.2 Å². The number of hydrogen-bond donors (Lipinski definition) is 0. The van der Waals surface area contributed by atoms with E-state index in [2.05, 4.69) is 16.8 Å². The summed E-state index contributed by atoms with van der Waals surface area (Å²) >= 11 is 5.53. The molecule has 2 aromatic rings. The first kappa shape index (κ1) is 14.4. The Bertz CT molecular complexity index is 661. The number of ether oxygens (including phenoxy) is 1. The van der Waals surface area contributed by atoms with Crippen LogP contribution in [0.15, 0.2) is 36.5 Å². The molecule has 0 aliphatic rings. The number of aryl methyl sites for hydroxylation is 1. The van der Waals surface area contributed by atoms with Crippen molar-refractivity contribution < 1.29 is 9.13 Å². The fourth-order valence-corrected chi connectivity index (χ4v) is 1.73. The minimum atomic E-state index is -0.367. The highest BCUT2D eigenvalue weighted by molar-refractivity contribution is 6.19. The second kappa shape index (κ2) is 6.93. The number of nitrogens with zero attached hydrogens (tertiary/aromatic N) is 1. The Morgan fingerprint density at radius 1 is 1.35 bits per heavy atom. The van der Waals surface area contributed by atoms with Crippen molar-refractivity contribution in [2.75, 3.05) is 5.88 Å². The molecule has 0 spiro atoms. The van der Waals surface area contributed by atoms with Crippen LogP contribution in [0.4, 0.5) is 4.39 Å². The summed E-state index contributed by atoms with van der Waals surface area (Å²) in [5.41, 5.74) is 2.45. The molecule has 2 rings (SSSR count). The van der Waals surface area contributed by atoms with Gasteiger partial charge in [-0.15, -0.1) is 11.6 Å². The molecule has 0 aliphatic carbocycles. The predicted molar refractivity (Wildman–Crippen MR) is 77.3 cm³/mol. The van der Waals surface area contributed by atoms with Crippen LogP contribution in [0.25, 0.3) is 0 Å². The van der Waals surface area contributed by atoms with Crippen LogP contribution in [-0.4, -0.2) is 10.9 Å². The Hall–Kier alpha value is -2.05. The van der Waals surface area contributed by atoms with Crippen molar-refractivity contribution in [3.63, 3.8) is 0 Å². The van der Waals surface area contributed by atoms with Crippen molar-refractivity contribution in [2.45, 2.75) is 13.5 Å². The average molecular weight is 290 g/mol. The predicted octanol–water partition coefficient (Wildman–Crippen LogP) is 3.70. The third-order valence-electron chi connectivity index (χ3n) is 2.72. The first-order valence-electron chi connectivity index (χ1n) is 6.08. The highest BCUT2D eigenvalue weighted by Gasteiger charge is 2.06. The smallest absolute Gasteiger partial charge is 0.138 e. The standard InChI is InChI=1S/C16H13ClFNO/c1-12-4-3-9-19-15(12)11-20-16-10-14(18)7-6-13(16)5-2-8-17/h3-4,6-7,9-10H,8,11H2,1H3. The van der Waals surface area contributed by atoms with Gasteiger partial charge in [0.2, 0.25) is 0 Å². The van der Waals surface area contributed by atoms with Crippen molar-refractivity contribution in [1.29, 1.82) is 0 Å². The van der Waals surface area contributed by atoms with Crippen molar-refractivity contribution in [1.82, 2.24) is 4.98 Å². The van der Waals surface area contributed by atoms with E-state index in [9.17, 15) is 4.39 Å². The topological polar surface area (TPSA) is 22.1 Å². The molecule has 0 saturated carbocycles. The molecule has 1 aromatic carbocycles. The molecule has 0 aliphatic heterocycles. The van der Waals surface area contributed by atoms with E-state index in [1.54, 1.807) is 12.3 Å². The first-order valence-corrected chi connectivity index (χ1v) is 6.62. The quantitative estimate of drug-likeness (QED) is 0.635. The normalized spacial score (nSPS) is 9.75. The minimum absolute atomic E-state index is 0.218. The lowest BCUT2D eigenvalue weighted by Gasteiger charge is -2.09. The highest BCUT2D eigenvalue weighted by atomic mass is 35.5. The second-order valence-corrected chi connectivity index (χ2v) is 4.40. The molecule has 1 aromatic heterocycles. The monoisotopic (exact) mass is 289 g/mol. The highest BCUT2D eigenvalue weighted by Crippen LogP contribution is 2.20. The summed E-state index contributed by atoms with van der Waals surface area (Å²) in [7, 11) is 0. The SMILES string of the molecule is Cc1cccnc1COc1cc(F)ccc1C#CCCl. The van der Waals surface area contributed by atoms with Crippen LogP contribution < -0.4 is 4.74 Å². The van der Waals surface area contributed by atoms with Crippen LogP contribution in [0, 0.1) is 24.6 Å². The Morgan fingerprint density at radius 2 is 2.20 bits per heavy atom. The van der Waals surface area contributed by atoms with Gasteiger partial charge in [-0.1, -0.05) is 17.9 Å². The Morgan fingerprint density at radius 3 is 2.95 bits per heavy atom. The summed E-state index contributed by atoms with van der Waals surface area (Å²) in [5, 5.41) is 0. The van der Waals surface area contributed by atoms with Gasteiger partial charge < -0.3 is 4.74 Å². The van der Waals surface area contributed by atoms with Gasteiger partial charge in [0.05, 0.1) is 17.1 Å². The fourth-order valence-electron chi connectivity index (χ4n) is 1.66. The summed E-state index contributed by atoms with van der Waals surface area (Å²) in [5.74, 6) is 5.83. The van der Waals surface area contributed by atoms with E-state index in [1.807, 2.05) is 19.1 Å². The molecule has 0 amide bonds. The van der Waals surface area contributed by atoms with Crippen molar-refractivity contribution >= 4 is 11.6 Å². The Labute approximate surface area is 122 Å². The third-order valence-corrected chi connectivity index (χ3v) is 2.85. The van der Waals surface area contributed by atoms with E-state index in [1.165, 1.54) is 12.1 Å². The lowest BCUT2D eigenvalue weighted by molar-refractivity contribution is 0.298. The maximum atomic E-state index is 13.3. The van der Waals surface area contributed by atoms with Crippen LogP contribution in [0.2, 0.25) is 0 Å². The summed E-state index contributed by atoms with van der Waals surface area (Å²) in [6.07, 6.45) is 1.70. The van der Waals surface area contributed by atoms with Gasteiger partial charge >= 0.3 is 0 Å². The largest absolute Gasteiger partial charge is 0.486 e. The van der Waals surface area contributed by atoms with Gasteiger partial charge in [-0.2, -0.15) is 0 Å². The zero-order valence-corrected chi connectivity index (χ0v) is 11.7. The molecule has 2 nitrogen and oxygen atoms in total. The maximum absolute atomic E-state index is 13.3. The molecular formula is C16H13ClFNO. The van der Waals surface area contributed by atoms with E-state index >= 15 is 0 Å². The number of pyridine rings is 1. The molecule has 0 fully saturated rings. The fraction of sp³-hybridized carbons (Fsp3) is 0.188. The number of alkyl halides is 1. The van der Waals surface area contributed by atoms with Crippen LogP contribution in [-0.2, 0) is 6.61 Å². The summed E-state index contributed by atoms with van der Waals surface area (Å²) < 4.78 is 18.9. The minimum Gasteiger partial charge on any atom is -0.486 e. The summed E-state index contributed by atoms with van der Waals surface area (Å²) in [6.45, 7) is 2.22. The molecule has 0 bridgehead atoms. The summed E-state index contributed by atoms with van der Waals surface area (Å²) in [4.78, 5) is 4.23. The van der Waals surface area contributed by atoms with Crippen molar-refractivity contribution in [3.8, 4) is 17.6 Å². The van der Waals surface area contributed by atoms with E-state index in [0.717, 1.165) is 11.3 Å². The van der Waals surface area contributed by atoms with E-state index in [-0.39, 0.29) is 18.3 Å². The van der Waals surface area contributed by atoms with Crippen LogP contribution >= 0.6 is 11.6 Å². The molecule has 0 unspecified atom stereocenters. The number of aromatic nitrogens is 1. The first-order chi connectivity index (χ1) is 9.70. The zero-order chi connectivity index (χ0) is 14.4. The van der Waals surface area contributed by atoms with E-state index < -0.39 is 0 Å². The van der Waals surface area contributed by atoms with Crippen LogP contribution in [0.5, 0.6) is 5.75 Å². The van der Waals surface area contributed by atoms with Gasteiger partial charge in [0.15, 0.2) is 0 Å². The van der Waals surface area contributed by atoms with Gasteiger partial charge in [0.1, 0.15) is 18.2 Å². The molecule has 20 heavy (non-hydrogen) atoms. The third kappa shape index (κ3) is 3.72. The Balaban J connectivity index is 2.20.